The Balaban J connectivity index is 2.32. The van der Waals surface area contributed by atoms with E-state index < -0.39 is 5.60 Å². The molecule has 1 unspecified atom stereocenters. The molecule has 2 rings (SSSR count). The summed E-state index contributed by atoms with van der Waals surface area (Å²) >= 11 is 0. The average Bonchev–Trinajstić information content (AvgIpc) is 2.63. The number of allylic oxidation sites excluding steroid dienone is 1. The van der Waals surface area contributed by atoms with Crippen LogP contribution < -0.4 is 0 Å². The lowest BCUT2D eigenvalue weighted by Gasteiger charge is -2.47. The van der Waals surface area contributed by atoms with Crippen molar-refractivity contribution >= 4 is 0 Å². The van der Waals surface area contributed by atoms with E-state index in [0.29, 0.717) is 0 Å². The molecule has 0 aromatic rings. The second-order valence-corrected chi connectivity index (χ2v) is 5.79. The summed E-state index contributed by atoms with van der Waals surface area (Å²) in [4.78, 5) is 0. The van der Waals surface area contributed by atoms with E-state index in [0.717, 1.165) is 25.7 Å². The maximum Gasteiger partial charge on any atom is 0.101 e. The Labute approximate surface area is 92.3 Å². The number of ether oxygens (including phenoxy) is 1. The molecule has 15 heavy (non-hydrogen) atoms. The lowest BCUT2D eigenvalue weighted by molar-refractivity contribution is -0.134. The van der Waals surface area contributed by atoms with E-state index in [-0.39, 0.29) is 17.1 Å². The first-order valence-electron chi connectivity index (χ1n) is 5.88. The molecular formula is C13H22O2. The van der Waals surface area contributed by atoms with Crippen LogP contribution in [0.25, 0.3) is 0 Å². The Kier molecular flexibility index (Phi) is 2.29. The molecule has 0 aromatic carbocycles. The summed E-state index contributed by atoms with van der Waals surface area (Å²) in [5.74, 6) is 0. The molecule has 0 amide bonds. The average molecular weight is 210 g/mol. The van der Waals surface area contributed by atoms with Gasteiger partial charge in [0.1, 0.15) is 5.60 Å². The van der Waals surface area contributed by atoms with Crippen LogP contribution in [0.4, 0.5) is 0 Å². The van der Waals surface area contributed by atoms with Gasteiger partial charge in [-0.05, 0) is 32.6 Å². The monoisotopic (exact) mass is 210 g/mol. The highest BCUT2D eigenvalue weighted by atomic mass is 16.5. The Hall–Kier alpha value is -0.340. The fourth-order valence-electron chi connectivity index (χ4n) is 3.50. The highest BCUT2D eigenvalue weighted by Crippen LogP contribution is 2.61. The predicted octanol–water partition coefficient (Wildman–Crippen LogP) is 2.66. The maximum absolute atomic E-state index is 10.9. The van der Waals surface area contributed by atoms with Crippen LogP contribution in [0.15, 0.2) is 12.7 Å². The van der Waals surface area contributed by atoms with E-state index >= 15 is 0 Å². The van der Waals surface area contributed by atoms with E-state index in [1.165, 1.54) is 0 Å². The smallest absolute Gasteiger partial charge is 0.101 e. The maximum atomic E-state index is 10.9. The SMILES string of the molecule is C=CCC[C@]1(O)C2(C)CC[C@@H](O2)C1(C)C. The summed E-state index contributed by atoms with van der Waals surface area (Å²) in [6.07, 6.45) is 5.78. The Morgan fingerprint density at radius 1 is 1.47 bits per heavy atom. The van der Waals surface area contributed by atoms with Crippen LogP contribution in [-0.2, 0) is 4.74 Å². The Bertz CT molecular complexity index is 278. The quantitative estimate of drug-likeness (QED) is 0.726. The molecule has 0 aliphatic carbocycles. The fraction of sp³-hybridized carbons (Fsp3) is 0.846. The zero-order chi connectivity index (χ0) is 11.3. The third-order valence-electron chi connectivity index (χ3n) is 4.74. The zero-order valence-corrected chi connectivity index (χ0v) is 10.0. The van der Waals surface area contributed by atoms with Crippen LogP contribution in [0.2, 0.25) is 0 Å². The first kappa shape index (κ1) is 11.2. The molecule has 86 valence electrons. The van der Waals surface area contributed by atoms with Crippen LogP contribution in [0, 0.1) is 5.41 Å². The van der Waals surface area contributed by atoms with Crippen molar-refractivity contribution in [1.82, 2.24) is 0 Å². The molecule has 2 saturated heterocycles. The van der Waals surface area contributed by atoms with Crippen molar-refractivity contribution in [3.05, 3.63) is 12.7 Å². The molecule has 2 bridgehead atoms. The Morgan fingerprint density at radius 2 is 2.13 bits per heavy atom. The Morgan fingerprint density at radius 3 is 2.60 bits per heavy atom. The summed E-state index contributed by atoms with van der Waals surface area (Å²) < 4.78 is 6.00. The first-order valence-corrected chi connectivity index (χ1v) is 5.88. The van der Waals surface area contributed by atoms with Crippen LogP contribution in [0.3, 0.4) is 0 Å². The molecular weight excluding hydrogens is 188 g/mol. The van der Waals surface area contributed by atoms with Gasteiger partial charge in [0.15, 0.2) is 0 Å². The zero-order valence-electron chi connectivity index (χ0n) is 10.0. The van der Waals surface area contributed by atoms with Gasteiger partial charge in [0.25, 0.3) is 0 Å². The van der Waals surface area contributed by atoms with Gasteiger partial charge in [0.05, 0.1) is 11.7 Å². The van der Waals surface area contributed by atoms with E-state index in [9.17, 15) is 5.11 Å². The van der Waals surface area contributed by atoms with Crippen LogP contribution >= 0.6 is 0 Å². The molecule has 2 heterocycles. The summed E-state index contributed by atoms with van der Waals surface area (Å²) in [5, 5.41) is 10.9. The molecule has 2 aliphatic heterocycles. The highest BCUT2D eigenvalue weighted by Gasteiger charge is 2.69. The first-order chi connectivity index (χ1) is 6.87. The van der Waals surface area contributed by atoms with Gasteiger partial charge in [-0.15, -0.1) is 6.58 Å². The molecule has 0 spiro atoms. The van der Waals surface area contributed by atoms with Gasteiger partial charge in [0.2, 0.25) is 0 Å². The summed E-state index contributed by atoms with van der Waals surface area (Å²) in [7, 11) is 0. The molecule has 1 N–H and O–H groups in total. The molecule has 2 heteroatoms. The molecule has 2 aliphatic rings. The van der Waals surface area contributed by atoms with Gasteiger partial charge in [-0.3, -0.25) is 0 Å². The number of fused-ring (bicyclic) bond motifs is 2. The molecule has 3 atom stereocenters. The number of rotatable bonds is 3. The molecule has 2 fully saturated rings. The largest absolute Gasteiger partial charge is 0.386 e. The van der Waals surface area contributed by atoms with Gasteiger partial charge in [-0.1, -0.05) is 19.9 Å². The lowest BCUT2D eigenvalue weighted by atomic mass is 9.59. The van der Waals surface area contributed by atoms with Crippen LogP contribution in [0.1, 0.15) is 46.5 Å². The van der Waals surface area contributed by atoms with Gasteiger partial charge in [-0.2, -0.15) is 0 Å². The van der Waals surface area contributed by atoms with Crippen molar-refractivity contribution in [3.63, 3.8) is 0 Å². The van der Waals surface area contributed by atoms with Crippen molar-refractivity contribution in [1.29, 1.82) is 0 Å². The van der Waals surface area contributed by atoms with Crippen molar-refractivity contribution in [2.45, 2.75) is 63.8 Å². The van der Waals surface area contributed by atoms with E-state index in [4.69, 9.17) is 4.74 Å². The van der Waals surface area contributed by atoms with E-state index in [2.05, 4.69) is 27.4 Å². The van der Waals surface area contributed by atoms with Gasteiger partial charge < -0.3 is 9.84 Å². The summed E-state index contributed by atoms with van der Waals surface area (Å²) in [6.45, 7) is 10.1. The van der Waals surface area contributed by atoms with Crippen molar-refractivity contribution in [2.75, 3.05) is 0 Å². The number of aliphatic hydroxyl groups is 1. The van der Waals surface area contributed by atoms with Crippen molar-refractivity contribution in [2.24, 2.45) is 5.41 Å². The standard InChI is InChI=1S/C13H22O2/c1-5-6-8-13(14)11(2,3)10-7-9-12(13,4)15-10/h5,10,14H,1,6-9H2,2-4H3/t10-,12?,13-/m1/s1. The van der Waals surface area contributed by atoms with Gasteiger partial charge in [0, 0.05) is 5.41 Å². The predicted molar refractivity (Wildman–Crippen MR) is 60.7 cm³/mol. The fourth-order valence-corrected chi connectivity index (χ4v) is 3.50. The summed E-state index contributed by atoms with van der Waals surface area (Å²) in [6, 6.07) is 0. The minimum atomic E-state index is -0.697. The van der Waals surface area contributed by atoms with E-state index in [1.54, 1.807) is 0 Å². The molecule has 0 aromatic heterocycles. The number of hydrogen-bond donors (Lipinski definition) is 1. The molecule has 0 saturated carbocycles. The second-order valence-electron chi connectivity index (χ2n) is 5.79. The van der Waals surface area contributed by atoms with Gasteiger partial charge >= 0.3 is 0 Å². The highest BCUT2D eigenvalue weighted by molar-refractivity contribution is 5.19. The molecule has 2 nitrogen and oxygen atoms in total. The number of hydrogen-bond acceptors (Lipinski definition) is 2. The van der Waals surface area contributed by atoms with Crippen molar-refractivity contribution in [3.8, 4) is 0 Å². The van der Waals surface area contributed by atoms with Gasteiger partial charge in [-0.25, -0.2) is 0 Å². The van der Waals surface area contributed by atoms with Crippen LogP contribution in [0.5, 0.6) is 0 Å². The minimum absolute atomic E-state index is 0.136. The lowest BCUT2D eigenvalue weighted by Crippen LogP contribution is -2.58. The third-order valence-corrected chi connectivity index (χ3v) is 4.74. The topological polar surface area (TPSA) is 29.5 Å². The summed E-state index contributed by atoms with van der Waals surface area (Å²) in [5.41, 5.74) is -1.18. The second kappa shape index (κ2) is 3.08. The van der Waals surface area contributed by atoms with Crippen LogP contribution in [-0.4, -0.2) is 22.4 Å². The third kappa shape index (κ3) is 1.18. The minimum Gasteiger partial charge on any atom is -0.386 e. The van der Waals surface area contributed by atoms with Crippen molar-refractivity contribution < 1.29 is 9.84 Å². The normalized spacial score (nSPS) is 47.1. The van der Waals surface area contributed by atoms with E-state index in [1.807, 2.05) is 6.08 Å². The molecule has 0 radical (unpaired) electrons.